The fraction of sp³-hybridized carbons (Fsp3) is 1.00. The Hall–Kier alpha value is 0.300. The van der Waals surface area contributed by atoms with Crippen molar-refractivity contribution in [3.63, 3.8) is 0 Å². The van der Waals surface area contributed by atoms with Gasteiger partial charge < -0.3 is 0 Å². The van der Waals surface area contributed by atoms with Crippen LogP contribution >= 0.6 is 6.83 Å². The summed E-state index contributed by atoms with van der Waals surface area (Å²) in [6.45, 7) is 6.38. The van der Waals surface area contributed by atoms with Gasteiger partial charge in [-0.2, -0.15) is 0 Å². The molecule has 0 fully saturated rings. The van der Waals surface area contributed by atoms with Crippen molar-refractivity contribution in [3.05, 3.63) is 0 Å². The summed E-state index contributed by atoms with van der Waals surface area (Å²) in [5, 5.41) is 0. The van der Waals surface area contributed by atoms with Gasteiger partial charge in [-0.15, -0.1) is 0 Å². The van der Waals surface area contributed by atoms with Crippen molar-refractivity contribution in [2.75, 3.05) is 33.3 Å². The first-order chi connectivity index (χ1) is 5.02. The van der Waals surface area contributed by atoms with Gasteiger partial charge in [0.1, 0.15) is 0 Å². The van der Waals surface area contributed by atoms with Crippen molar-refractivity contribution in [1.82, 2.24) is 0 Å². The predicted octanol–water partition coefficient (Wildman–Crippen LogP) is 1.27. The van der Waals surface area contributed by atoms with Gasteiger partial charge in [0, 0.05) is 0 Å². The molecule has 0 bridgehead atoms. The zero-order valence-corrected chi connectivity index (χ0v) is 9.91. The van der Waals surface area contributed by atoms with Crippen LogP contribution in [0.2, 0.25) is 0 Å². The molecule has 0 aromatic rings. The molecule has 0 aromatic carbocycles. The molecule has 0 spiro atoms. The fourth-order valence-corrected chi connectivity index (χ4v) is 3.91. The van der Waals surface area contributed by atoms with Gasteiger partial charge in [0.05, 0.1) is 0 Å². The van der Waals surface area contributed by atoms with Crippen LogP contribution in [0.4, 0.5) is 0 Å². The first-order valence-electron chi connectivity index (χ1n) is 3.63. The Labute approximate surface area is 74.6 Å². The minimum atomic E-state index is -3.79. The van der Waals surface area contributed by atoms with Crippen LogP contribution < -0.4 is 0 Å². The first kappa shape index (κ1) is 12.3. The van der Waals surface area contributed by atoms with Crippen LogP contribution in [-0.4, -0.2) is 41.7 Å². The molecular formula is C6H17O4PS. The van der Waals surface area contributed by atoms with Crippen LogP contribution in [0, 0.1) is 0 Å². The molecule has 0 saturated heterocycles. The van der Waals surface area contributed by atoms with E-state index in [1.165, 1.54) is 0 Å². The van der Waals surface area contributed by atoms with Crippen LogP contribution in [0.3, 0.4) is 0 Å². The Bertz CT molecular complexity index is 239. The van der Waals surface area contributed by atoms with Gasteiger partial charge in [-0.25, -0.2) is 0 Å². The maximum absolute atomic E-state index is 11.0. The molecule has 0 aromatic heterocycles. The second-order valence-corrected chi connectivity index (χ2v) is 12.8. The molecule has 0 saturated carbocycles. The molecule has 0 atom stereocenters. The van der Waals surface area contributed by atoms with Crippen LogP contribution in [0.1, 0.15) is 6.92 Å². The Morgan fingerprint density at radius 3 is 1.83 bits per heavy atom. The van der Waals surface area contributed by atoms with Gasteiger partial charge in [-0.3, -0.25) is 0 Å². The van der Waals surface area contributed by atoms with E-state index in [-0.39, 0.29) is 6.61 Å². The number of hydrogen-bond acceptors (Lipinski definition) is 4. The summed E-state index contributed by atoms with van der Waals surface area (Å²) < 4.78 is 31.5. The molecule has 76 valence electrons. The van der Waals surface area contributed by atoms with Crippen LogP contribution in [0.15, 0.2) is 0 Å². The molecule has 0 heterocycles. The summed E-state index contributed by atoms with van der Waals surface area (Å²) in [5.41, 5.74) is 0. The average molecular weight is 216 g/mol. The molecule has 6 heteroatoms. The third kappa shape index (κ3) is 6.98. The van der Waals surface area contributed by atoms with Gasteiger partial charge in [0.2, 0.25) is 0 Å². The van der Waals surface area contributed by atoms with Crippen molar-refractivity contribution in [3.8, 4) is 0 Å². The topological polar surface area (TPSA) is 52.6 Å². The molecule has 0 unspecified atom stereocenters. The van der Waals surface area contributed by atoms with E-state index in [2.05, 4.69) is 4.18 Å². The van der Waals surface area contributed by atoms with Crippen LogP contribution in [0.25, 0.3) is 0 Å². The van der Waals surface area contributed by atoms with E-state index >= 15 is 0 Å². The van der Waals surface area contributed by atoms with Gasteiger partial charge in [0.15, 0.2) is 0 Å². The predicted molar refractivity (Wildman–Crippen MR) is 52.2 cm³/mol. The molecule has 0 aliphatic carbocycles. The quantitative estimate of drug-likeness (QED) is 0.664. The van der Waals surface area contributed by atoms with E-state index in [0.29, 0.717) is 0 Å². The minimum absolute atomic E-state index is 0.106. The molecule has 0 aliphatic rings. The summed E-state index contributed by atoms with van der Waals surface area (Å²) in [6, 6.07) is 0. The zero-order chi connectivity index (χ0) is 10.1. The van der Waals surface area contributed by atoms with Crippen molar-refractivity contribution < 1.29 is 16.6 Å². The van der Waals surface area contributed by atoms with E-state index < -0.39 is 17.2 Å². The average Bonchev–Trinajstić information content (AvgIpc) is 1.52. The monoisotopic (exact) mass is 216 g/mol. The summed E-state index contributed by atoms with van der Waals surface area (Å²) in [4.78, 5) is 0. The molecule has 0 amide bonds. The van der Waals surface area contributed by atoms with Crippen molar-refractivity contribution in [2.45, 2.75) is 6.92 Å². The van der Waals surface area contributed by atoms with Crippen molar-refractivity contribution in [2.24, 2.45) is 0 Å². The molecule has 0 rings (SSSR count). The summed E-state index contributed by atoms with van der Waals surface area (Å²) in [7, 11) is -3.79. The normalized spacial score (nSPS) is 16.9. The molecule has 0 aliphatic heterocycles. The van der Waals surface area contributed by atoms with Crippen molar-refractivity contribution in [1.29, 1.82) is 0 Å². The summed E-state index contributed by atoms with van der Waals surface area (Å²) in [6.07, 6.45) is 0. The standard InChI is InChI=1S/C6H17O4PS/c1-6-9-12(7,8)10-11(2,3,4)5/h6H2,1-5H3. The van der Waals surface area contributed by atoms with E-state index in [1.807, 2.05) is 0 Å². The summed E-state index contributed by atoms with van der Waals surface area (Å²) in [5.74, 6) is 0. The van der Waals surface area contributed by atoms with Crippen LogP contribution in [0.5, 0.6) is 0 Å². The number of hydrogen-bond donors (Lipinski definition) is 0. The van der Waals surface area contributed by atoms with Gasteiger partial charge in [-0.1, -0.05) is 0 Å². The van der Waals surface area contributed by atoms with Crippen LogP contribution in [-0.2, 0) is 18.6 Å². The van der Waals surface area contributed by atoms with E-state index in [0.717, 1.165) is 0 Å². The Kier molecular flexibility index (Phi) is 3.30. The maximum atomic E-state index is 11.0. The number of rotatable bonds is 4. The van der Waals surface area contributed by atoms with Gasteiger partial charge in [-0.05, 0) is 0 Å². The second-order valence-electron chi connectivity index (χ2n) is 4.30. The zero-order valence-electron chi connectivity index (χ0n) is 8.20. The summed E-state index contributed by atoms with van der Waals surface area (Å²) >= 11 is 0. The molecule has 0 radical (unpaired) electrons. The molecule has 12 heavy (non-hydrogen) atoms. The molecule has 0 N–H and O–H groups in total. The SMILES string of the molecule is CCOS(=O)(=O)OP(C)(C)(C)C. The Morgan fingerprint density at radius 2 is 1.58 bits per heavy atom. The van der Waals surface area contributed by atoms with E-state index in [4.69, 9.17) is 3.97 Å². The fourth-order valence-electron chi connectivity index (χ4n) is 0.531. The van der Waals surface area contributed by atoms with Gasteiger partial charge >= 0.3 is 74.0 Å². The first-order valence-corrected chi connectivity index (χ1v) is 8.91. The third-order valence-electron chi connectivity index (χ3n) is 0.652. The molecule has 4 nitrogen and oxygen atoms in total. The third-order valence-corrected chi connectivity index (χ3v) is 4.29. The van der Waals surface area contributed by atoms with Crippen molar-refractivity contribution >= 4 is 17.2 Å². The Balaban J connectivity index is 4.48. The molecular weight excluding hydrogens is 199 g/mol. The second kappa shape index (κ2) is 3.22. The Morgan fingerprint density at radius 1 is 1.17 bits per heavy atom. The van der Waals surface area contributed by atoms with Gasteiger partial charge in [0.25, 0.3) is 0 Å². The van der Waals surface area contributed by atoms with E-state index in [1.54, 1.807) is 33.6 Å². The van der Waals surface area contributed by atoms with E-state index in [9.17, 15) is 8.42 Å².